The molecule has 0 aromatic rings. The van der Waals surface area contributed by atoms with Gasteiger partial charge in [0.1, 0.15) is 0 Å². The maximum absolute atomic E-state index is 9.64. The van der Waals surface area contributed by atoms with Gasteiger partial charge in [0.2, 0.25) is 0 Å². The molecule has 0 spiro atoms. The third-order valence-electron chi connectivity index (χ3n) is 0.514. The normalized spacial score (nSPS) is 7.67. The molecule has 0 aliphatic carbocycles. The SMILES string of the molecule is O=C(O)OCCC[O-].[Li+]. The van der Waals surface area contributed by atoms with Crippen molar-refractivity contribution in [2.45, 2.75) is 6.42 Å². The third kappa shape index (κ3) is 11.4. The first-order valence-corrected chi connectivity index (χ1v) is 2.21. The molecule has 0 aromatic heterocycles. The molecule has 0 rings (SSSR count). The molecule has 1 N–H and O–H groups in total. The van der Waals surface area contributed by atoms with Gasteiger partial charge in [-0.05, 0) is 6.42 Å². The zero-order valence-corrected chi connectivity index (χ0v) is 5.29. The van der Waals surface area contributed by atoms with Crippen molar-refractivity contribution in [1.82, 2.24) is 0 Å². The number of rotatable bonds is 3. The Bertz CT molecular complexity index is 75.0. The second kappa shape index (κ2) is 7.83. The first-order chi connectivity index (χ1) is 3.77. The average Bonchev–Trinajstić information content (AvgIpc) is 1.66. The number of carboxylic acid groups (broad SMARTS) is 1. The van der Waals surface area contributed by atoms with Crippen molar-refractivity contribution in [1.29, 1.82) is 0 Å². The van der Waals surface area contributed by atoms with E-state index in [1.165, 1.54) is 0 Å². The van der Waals surface area contributed by atoms with E-state index in [1.54, 1.807) is 0 Å². The van der Waals surface area contributed by atoms with Gasteiger partial charge >= 0.3 is 25.0 Å². The number of ether oxygens (including phenoxy) is 1. The van der Waals surface area contributed by atoms with Crippen LogP contribution < -0.4 is 24.0 Å². The fourth-order valence-corrected chi connectivity index (χ4v) is 0.218. The van der Waals surface area contributed by atoms with Gasteiger partial charge in [0, 0.05) is 0 Å². The second-order valence-corrected chi connectivity index (χ2v) is 1.17. The first kappa shape index (κ1) is 11.6. The monoisotopic (exact) mass is 126 g/mol. The van der Waals surface area contributed by atoms with E-state index in [-0.39, 0.29) is 38.5 Å². The van der Waals surface area contributed by atoms with Crippen LogP contribution >= 0.6 is 0 Å². The van der Waals surface area contributed by atoms with Gasteiger partial charge in [-0.25, -0.2) is 4.79 Å². The maximum Gasteiger partial charge on any atom is 1.00 e. The van der Waals surface area contributed by atoms with Crippen LogP contribution in [0.5, 0.6) is 0 Å². The van der Waals surface area contributed by atoms with E-state index in [9.17, 15) is 9.90 Å². The maximum atomic E-state index is 9.64. The standard InChI is InChI=1S/C4H7O4.Li/c5-2-1-3-8-4(6)7;/h1-3H2,(H,6,7);/q-1;+1. The Morgan fingerprint density at radius 2 is 2.22 bits per heavy atom. The largest absolute Gasteiger partial charge is 1.00 e. The Balaban J connectivity index is 0. The molecule has 0 atom stereocenters. The molecule has 4 nitrogen and oxygen atoms in total. The molecule has 0 aliphatic rings. The van der Waals surface area contributed by atoms with Gasteiger partial charge < -0.3 is 14.9 Å². The van der Waals surface area contributed by atoms with E-state index in [2.05, 4.69) is 4.74 Å². The number of hydrogen-bond donors (Lipinski definition) is 1. The molecule has 0 bridgehead atoms. The molecule has 5 heteroatoms. The molecule has 0 aromatic carbocycles. The molecule has 9 heavy (non-hydrogen) atoms. The molecule has 0 aliphatic heterocycles. The summed E-state index contributed by atoms with van der Waals surface area (Å²) < 4.78 is 4.00. The summed E-state index contributed by atoms with van der Waals surface area (Å²) in [6, 6.07) is 0. The third-order valence-corrected chi connectivity index (χ3v) is 0.514. The molecule has 0 saturated carbocycles. The minimum atomic E-state index is -1.32. The van der Waals surface area contributed by atoms with Crippen molar-refractivity contribution >= 4 is 6.16 Å². The predicted molar refractivity (Wildman–Crippen MR) is 23.5 cm³/mol. The van der Waals surface area contributed by atoms with Crippen LogP contribution in [0.3, 0.4) is 0 Å². The van der Waals surface area contributed by atoms with E-state index < -0.39 is 6.16 Å². The molecule has 0 heterocycles. The summed E-state index contributed by atoms with van der Waals surface area (Å²) in [4.78, 5) is 9.55. The second-order valence-electron chi connectivity index (χ2n) is 1.17. The smallest absolute Gasteiger partial charge is 0.854 e. The molecule has 48 valence electrons. The van der Waals surface area contributed by atoms with E-state index in [4.69, 9.17) is 5.11 Å². The summed E-state index contributed by atoms with van der Waals surface area (Å²) in [6.45, 7) is -0.272. The van der Waals surface area contributed by atoms with Crippen molar-refractivity contribution < 1.29 is 38.6 Å². The Kier molecular flexibility index (Phi) is 10.1. The molecular weight excluding hydrogens is 119 g/mol. The Labute approximate surface area is 65.0 Å². The Morgan fingerprint density at radius 3 is 2.56 bits per heavy atom. The summed E-state index contributed by atoms with van der Waals surface area (Å²) in [5.41, 5.74) is 0. The quantitative estimate of drug-likeness (QED) is 0.241. The molecule has 0 saturated heterocycles. The molecule has 0 radical (unpaired) electrons. The van der Waals surface area contributed by atoms with Gasteiger partial charge in [-0.1, -0.05) is 0 Å². The van der Waals surface area contributed by atoms with Crippen LogP contribution in [0.2, 0.25) is 0 Å². The van der Waals surface area contributed by atoms with Crippen LogP contribution in [0.15, 0.2) is 0 Å². The first-order valence-electron chi connectivity index (χ1n) is 2.21. The van der Waals surface area contributed by atoms with Crippen LogP contribution in [0.1, 0.15) is 6.42 Å². The zero-order chi connectivity index (χ0) is 6.41. The molecule has 0 fully saturated rings. The zero-order valence-electron chi connectivity index (χ0n) is 5.29. The van der Waals surface area contributed by atoms with Crippen molar-refractivity contribution in [3.63, 3.8) is 0 Å². The summed E-state index contributed by atoms with van der Waals surface area (Å²) in [6.07, 6.45) is -1.06. The van der Waals surface area contributed by atoms with Crippen LogP contribution in [-0.4, -0.2) is 24.5 Å². The summed E-state index contributed by atoms with van der Waals surface area (Å²) >= 11 is 0. The molecule has 0 unspecified atom stereocenters. The predicted octanol–water partition coefficient (Wildman–Crippen LogP) is -3.56. The van der Waals surface area contributed by atoms with Gasteiger partial charge in [0.25, 0.3) is 0 Å². The molecule has 0 amide bonds. The molecular formula is C4H7LiO4. The van der Waals surface area contributed by atoms with E-state index in [0.29, 0.717) is 0 Å². The number of carbonyl (C=O) groups is 1. The van der Waals surface area contributed by atoms with Gasteiger partial charge in [-0.15, -0.1) is 6.61 Å². The van der Waals surface area contributed by atoms with Gasteiger partial charge in [-0.2, -0.15) is 0 Å². The minimum Gasteiger partial charge on any atom is -0.854 e. The van der Waals surface area contributed by atoms with Crippen LogP contribution in [-0.2, 0) is 4.74 Å². The topological polar surface area (TPSA) is 69.6 Å². The van der Waals surface area contributed by atoms with Crippen LogP contribution in [0.4, 0.5) is 4.79 Å². The fraction of sp³-hybridized carbons (Fsp3) is 0.750. The van der Waals surface area contributed by atoms with Crippen LogP contribution in [0, 0.1) is 0 Å². The average molecular weight is 126 g/mol. The van der Waals surface area contributed by atoms with Crippen molar-refractivity contribution in [3.05, 3.63) is 0 Å². The van der Waals surface area contributed by atoms with E-state index in [0.717, 1.165) is 0 Å². The fourth-order valence-electron chi connectivity index (χ4n) is 0.218. The number of hydrogen-bond acceptors (Lipinski definition) is 3. The van der Waals surface area contributed by atoms with Crippen LogP contribution in [0.25, 0.3) is 0 Å². The Hall–Kier alpha value is -0.173. The summed E-state index contributed by atoms with van der Waals surface area (Å²) in [5, 5.41) is 17.5. The van der Waals surface area contributed by atoms with Gasteiger partial charge in [-0.3, -0.25) is 0 Å². The van der Waals surface area contributed by atoms with Crippen molar-refractivity contribution in [3.8, 4) is 0 Å². The minimum absolute atomic E-state index is 0. The van der Waals surface area contributed by atoms with Crippen molar-refractivity contribution in [2.24, 2.45) is 0 Å². The van der Waals surface area contributed by atoms with E-state index >= 15 is 0 Å². The summed E-state index contributed by atoms with van der Waals surface area (Å²) in [5.74, 6) is 0. The Morgan fingerprint density at radius 1 is 1.67 bits per heavy atom. The van der Waals surface area contributed by atoms with Crippen molar-refractivity contribution in [2.75, 3.05) is 13.2 Å². The van der Waals surface area contributed by atoms with Gasteiger partial charge in [0.05, 0.1) is 6.61 Å². The van der Waals surface area contributed by atoms with Gasteiger partial charge in [0.15, 0.2) is 0 Å². The van der Waals surface area contributed by atoms with E-state index in [1.807, 2.05) is 0 Å². The summed E-state index contributed by atoms with van der Waals surface area (Å²) in [7, 11) is 0.